The Balaban J connectivity index is 1.87. The van der Waals surface area contributed by atoms with Gasteiger partial charge in [-0.15, -0.1) is 0 Å². The van der Waals surface area contributed by atoms with E-state index in [1.807, 2.05) is 0 Å². The molecule has 0 bridgehead atoms. The van der Waals surface area contributed by atoms with Gasteiger partial charge in [-0.05, 0) is 30.3 Å². The lowest BCUT2D eigenvalue weighted by molar-refractivity contribution is -0.115. The van der Waals surface area contributed by atoms with Crippen LogP contribution in [0, 0.1) is 11.6 Å². The van der Waals surface area contributed by atoms with E-state index in [0.717, 1.165) is 12.1 Å². The van der Waals surface area contributed by atoms with E-state index in [4.69, 9.17) is 16.3 Å². The van der Waals surface area contributed by atoms with E-state index >= 15 is 0 Å². The number of rotatable bonds is 6. The molecule has 0 aliphatic rings. The number of para-hydroxylation sites is 1. The monoisotopic (exact) mass is 340 g/mol. The maximum absolute atomic E-state index is 13.4. The smallest absolute Gasteiger partial charge is 0.226 e. The predicted octanol–water partition coefficient (Wildman–Crippen LogP) is 4.07. The Morgan fingerprint density at radius 2 is 1.91 bits per heavy atom. The molecule has 0 saturated carbocycles. The molecule has 0 fully saturated rings. The van der Waals surface area contributed by atoms with E-state index in [2.05, 4.69) is 10.6 Å². The maximum Gasteiger partial charge on any atom is 0.226 e. The summed E-state index contributed by atoms with van der Waals surface area (Å²) in [5.41, 5.74) is 0.269. The lowest BCUT2D eigenvalue weighted by Gasteiger charge is -2.10. The first kappa shape index (κ1) is 17.0. The molecule has 0 aromatic heterocycles. The second-order valence-corrected chi connectivity index (χ2v) is 5.08. The molecule has 4 nitrogen and oxygen atoms in total. The van der Waals surface area contributed by atoms with Crippen molar-refractivity contribution in [3.63, 3.8) is 0 Å². The van der Waals surface area contributed by atoms with Crippen LogP contribution >= 0.6 is 11.6 Å². The van der Waals surface area contributed by atoms with E-state index < -0.39 is 11.6 Å². The first-order valence-electron chi connectivity index (χ1n) is 6.82. The van der Waals surface area contributed by atoms with Crippen LogP contribution in [0.4, 0.5) is 20.2 Å². The van der Waals surface area contributed by atoms with Crippen LogP contribution in [0.15, 0.2) is 36.4 Å². The van der Waals surface area contributed by atoms with Crippen LogP contribution in [0.3, 0.4) is 0 Å². The van der Waals surface area contributed by atoms with Crippen molar-refractivity contribution in [3.8, 4) is 5.75 Å². The molecule has 2 aromatic carbocycles. The van der Waals surface area contributed by atoms with Gasteiger partial charge in [-0.1, -0.05) is 17.7 Å². The van der Waals surface area contributed by atoms with Crippen molar-refractivity contribution < 1.29 is 18.3 Å². The van der Waals surface area contributed by atoms with Crippen molar-refractivity contribution in [3.05, 3.63) is 53.1 Å². The Labute approximate surface area is 137 Å². The normalized spacial score (nSPS) is 10.3. The summed E-state index contributed by atoms with van der Waals surface area (Å²) in [5.74, 6) is -1.21. The molecule has 23 heavy (non-hydrogen) atoms. The van der Waals surface area contributed by atoms with Crippen molar-refractivity contribution in [1.29, 1.82) is 0 Å². The largest absolute Gasteiger partial charge is 0.495 e. The van der Waals surface area contributed by atoms with Gasteiger partial charge >= 0.3 is 0 Å². The van der Waals surface area contributed by atoms with Crippen molar-refractivity contribution in [2.24, 2.45) is 0 Å². The summed E-state index contributed by atoms with van der Waals surface area (Å²) in [4.78, 5) is 11.8. The zero-order valence-corrected chi connectivity index (χ0v) is 13.1. The first-order chi connectivity index (χ1) is 11.0. The molecule has 1 amide bonds. The number of benzene rings is 2. The Bertz CT molecular complexity index is 690. The number of halogens is 3. The molecular weight excluding hydrogens is 326 g/mol. The molecule has 0 atom stereocenters. The van der Waals surface area contributed by atoms with Crippen molar-refractivity contribution in [2.45, 2.75) is 6.42 Å². The van der Waals surface area contributed by atoms with Crippen LogP contribution in [0.5, 0.6) is 5.75 Å². The van der Waals surface area contributed by atoms with Gasteiger partial charge in [0.05, 0.1) is 12.1 Å². The summed E-state index contributed by atoms with van der Waals surface area (Å²) in [6.07, 6.45) is 0.0391. The molecular formula is C16H15ClF2N2O2. The van der Waals surface area contributed by atoms with Crippen molar-refractivity contribution >= 4 is 28.9 Å². The molecule has 2 aromatic rings. The van der Waals surface area contributed by atoms with Crippen LogP contribution in [0.25, 0.3) is 0 Å². The fraction of sp³-hybridized carbons (Fsp3) is 0.188. The highest BCUT2D eigenvalue weighted by Gasteiger charge is 2.09. The summed E-state index contributed by atoms with van der Waals surface area (Å²) in [5, 5.41) is 5.59. The maximum atomic E-state index is 13.4. The fourth-order valence-corrected chi connectivity index (χ4v) is 2.19. The van der Waals surface area contributed by atoms with Crippen molar-refractivity contribution in [2.75, 3.05) is 24.3 Å². The number of nitrogens with one attached hydrogen (secondary N) is 2. The van der Waals surface area contributed by atoms with Crippen LogP contribution in [0.2, 0.25) is 5.02 Å². The molecule has 2 N–H and O–H groups in total. The third kappa shape index (κ3) is 4.56. The number of amides is 1. The summed E-state index contributed by atoms with van der Waals surface area (Å²) >= 11 is 5.96. The van der Waals surface area contributed by atoms with Crippen LogP contribution in [0.1, 0.15) is 6.42 Å². The van der Waals surface area contributed by atoms with Gasteiger partial charge in [-0.25, -0.2) is 8.78 Å². The molecule has 122 valence electrons. The number of carbonyl (C=O) groups excluding carboxylic acids is 1. The SMILES string of the molecule is COc1ccc(NC(=O)CCNc2c(F)cccc2F)cc1Cl. The number of carbonyl (C=O) groups is 1. The predicted molar refractivity (Wildman–Crippen MR) is 86.1 cm³/mol. The molecule has 0 unspecified atom stereocenters. The summed E-state index contributed by atoms with van der Waals surface area (Å²) < 4.78 is 31.8. The van der Waals surface area contributed by atoms with Crippen LogP contribution in [-0.2, 0) is 4.79 Å². The third-order valence-corrected chi connectivity index (χ3v) is 3.35. The van der Waals surface area contributed by atoms with Gasteiger partial charge in [0.1, 0.15) is 23.1 Å². The molecule has 0 saturated heterocycles. The average molecular weight is 341 g/mol. The summed E-state index contributed by atoms with van der Waals surface area (Å²) in [6, 6.07) is 8.39. The highest BCUT2D eigenvalue weighted by atomic mass is 35.5. The Kier molecular flexibility index (Phi) is 5.76. The molecule has 0 heterocycles. The fourth-order valence-electron chi connectivity index (χ4n) is 1.94. The second kappa shape index (κ2) is 7.78. The zero-order valence-electron chi connectivity index (χ0n) is 12.3. The summed E-state index contributed by atoms with van der Waals surface area (Å²) in [7, 11) is 1.49. The van der Waals surface area contributed by atoms with E-state index in [1.54, 1.807) is 18.2 Å². The molecule has 0 aliphatic carbocycles. The van der Waals surface area contributed by atoms with Gasteiger partial charge < -0.3 is 15.4 Å². The standard InChI is InChI=1S/C16H15ClF2N2O2/c1-23-14-6-5-10(9-11(14)17)21-15(22)7-8-20-16-12(18)3-2-4-13(16)19/h2-6,9,20H,7-8H2,1H3,(H,21,22). The molecule has 7 heteroatoms. The number of hydrogen-bond acceptors (Lipinski definition) is 3. The highest BCUT2D eigenvalue weighted by molar-refractivity contribution is 6.32. The molecule has 0 radical (unpaired) electrons. The minimum Gasteiger partial charge on any atom is -0.495 e. The van der Waals surface area contributed by atoms with Gasteiger partial charge in [0, 0.05) is 18.7 Å². The first-order valence-corrected chi connectivity index (χ1v) is 7.20. The lowest BCUT2D eigenvalue weighted by Crippen LogP contribution is -2.17. The second-order valence-electron chi connectivity index (χ2n) is 4.67. The molecule has 0 spiro atoms. The Hall–Kier alpha value is -2.34. The van der Waals surface area contributed by atoms with Gasteiger partial charge in [0.2, 0.25) is 5.91 Å². The van der Waals surface area contributed by atoms with Gasteiger partial charge in [0.25, 0.3) is 0 Å². The van der Waals surface area contributed by atoms with Gasteiger partial charge in [-0.2, -0.15) is 0 Å². The molecule has 2 rings (SSSR count). The van der Waals surface area contributed by atoms with Crippen LogP contribution < -0.4 is 15.4 Å². The van der Waals surface area contributed by atoms with E-state index in [1.165, 1.54) is 13.2 Å². The van der Waals surface area contributed by atoms with Crippen molar-refractivity contribution in [1.82, 2.24) is 0 Å². The Morgan fingerprint density at radius 1 is 1.22 bits per heavy atom. The third-order valence-electron chi connectivity index (χ3n) is 3.05. The minimum absolute atomic E-state index is 0.0391. The lowest BCUT2D eigenvalue weighted by atomic mass is 10.2. The number of methoxy groups -OCH3 is 1. The zero-order chi connectivity index (χ0) is 16.8. The topological polar surface area (TPSA) is 50.4 Å². The van der Waals surface area contributed by atoms with E-state index in [-0.39, 0.29) is 24.6 Å². The number of anilines is 2. The molecule has 0 aliphatic heterocycles. The highest BCUT2D eigenvalue weighted by Crippen LogP contribution is 2.27. The minimum atomic E-state index is -0.702. The number of hydrogen-bond donors (Lipinski definition) is 2. The van der Waals surface area contributed by atoms with Gasteiger partial charge in [0.15, 0.2) is 0 Å². The number of ether oxygens (including phenoxy) is 1. The Morgan fingerprint density at radius 3 is 2.52 bits per heavy atom. The van der Waals surface area contributed by atoms with E-state index in [9.17, 15) is 13.6 Å². The summed E-state index contributed by atoms with van der Waals surface area (Å²) in [6.45, 7) is 0.0908. The average Bonchev–Trinajstić information content (AvgIpc) is 2.50. The van der Waals surface area contributed by atoms with Gasteiger partial charge in [-0.3, -0.25) is 4.79 Å². The van der Waals surface area contributed by atoms with E-state index in [0.29, 0.717) is 16.5 Å². The quantitative estimate of drug-likeness (QED) is 0.833. The van der Waals surface area contributed by atoms with Crippen LogP contribution in [-0.4, -0.2) is 19.6 Å².